The van der Waals surface area contributed by atoms with Crippen molar-refractivity contribution < 1.29 is 9.13 Å². The van der Waals surface area contributed by atoms with Gasteiger partial charge >= 0.3 is 0 Å². The van der Waals surface area contributed by atoms with Crippen molar-refractivity contribution >= 4 is 27.7 Å². The second-order valence-electron chi connectivity index (χ2n) is 3.86. The van der Waals surface area contributed by atoms with Gasteiger partial charge in [-0.15, -0.1) is 0 Å². The molecule has 1 nitrogen and oxygen atoms in total. The number of hydrogen-bond acceptors (Lipinski definition) is 2. The molecule has 0 aromatic heterocycles. The number of halogens is 2. The van der Waals surface area contributed by atoms with Crippen molar-refractivity contribution in [3.05, 3.63) is 34.1 Å². The van der Waals surface area contributed by atoms with Crippen molar-refractivity contribution in [3.8, 4) is 0 Å². The maximum atomic E-state index is 12.9. The molecule has 1 saturated heterocycles. The molecule has 1 aliphatic rings. The van der Waals surface area contributed by atoms with E-state index < -0.39 is 0 Å². The molecular formula is C12H14BrFOS. The molecule has 2 rings (SSSR count). The average Bonchev–Trinajstić information content (AvgIpc) is 2.29. The average molecular weight is 305 g/mol. The molecule has 0 unspecified atom stereocenters. The van der Waals surface area contributed by atoms with E-state index in [-0.39, 0.29) is 5.82 Å². The van der Waals surface area contributed by atoms with Crippen LogP contribution in [-0.2, 0) is 10.5 Å². The van der Waals surface area contributed by atoms with Gasteiger partial charge in [0.05, 0.1) is 0 Å². The van der Waals surface area contributed by atoms with Crippen LogP contribution in [0.25, 0.3) is 0 Å². The Balaban J connectivity index is 1.88. The van der Waals surface area contributed by atoms with Gasteiger partial charge in [-0.3, -0.25) is 0 Å². The number of thioether (sulfide) groups is 1. The minimum absolute atomic E-state index is 0.188. The molecule has 0 aliphatic carbocycles. The van der Waals surface area contributed by atoms with Crippen LogP contribution in [-0.4, -0.2) is 18.5 Å². The molecule has 16 heavy (non-hydrogen) atoms. The summed E-state index contributed by atoms with van der Waals surface area (Å²) in [5.74, 6) is 0.748. The quantitative estimate of drug-likeness (QED) is 0.835. The Hall–Kier alpha value is -0.0600. The Labute approximate surface area is 108 Å². The summed E-state index contributed by atoms with van der Waals surface area (Å²) in [4.78, 5) is 0. The highest BCUT2D eigenvalue weighted by Gasteiger charge is 2.14. The van der Waals surface area contributed by atoms with E-state index >= 15 is 0 Å². The second kappa shape index (κ2) is 6.03. The summed E-state index contributed by atoms with van der Waals surface area (Å²) in [6.07, 6.45) is 2.26. The van der Waals surface area contributed by atoms with Gasteiger partial charge in [-0.25, -0.2) is 4.39 Å². The van der Waals surface area contributed by atoms with E-state index in [1.165, 1.54) is 12.1 Å². The Kier molecular flexibility index (Phi) is 4.67. The van der Waals surface area contributed by atoms with Crippen molar-refractivity contribution in [1.82, 2.24) is 0 Å². The second-order valence-corrected chi connectivity index (χ2v) is 6.00. The molecule has 0 N–H and O–H groups in total. The molecule has 1 heterocycles. The first kappa shape index (κ1) is 12.4. The van der Waals surface area contributed by atoms with Crippen molar-refractivity contribution in [2.45, 2.75) is 23.8 Å². The standard InChI is InChI=1S/C12H14BrFOS/c13-12-7-10(14)2-1-9(12)8-16-11-3-5-15-6-4-11/h1-2,7,11H,3-6,8H2. The zero-order valence-electron chi connectivity index (χ0n) is 8.92. The Bertz CT molecular complexity index is 353. The van der Waals surface area contributed by atoms with Crippen molar-refractivity contribution in [3.63, 3.8) is 0 Å². The summed E-state index contributed by atoms with van der Waals surface area (Å²) in [5.41, 5.74) is 1.16. The molecule has 1 aliphatic heterocycles. The van der Waals surface area contributed by atoms with Crippen LogP contribution in [0.4, 0.5) is 4.39 Å². The van der Waals surface area contributed by atoms with Gasteiger partial charge in [0.1, 0.15) is 5.82 Å². The zero-order chi connectivity index (χ0) is 11.4. The largest absolute Gasteiger partial charge is 0.381 e. The van der Waals surface area contributed by atoms with Crippen LogP contribution >= 0.6 is 27.7 Å². The Morgan fingerprint density at radius 1 is 1.38 bits per heavy atom. The highest BCUT2D eigenvalue weighted by atomic mass is 79.9. The highest BCUT2D eigenvalue weighted by molar-refractivity contribution is 9.10. The van der Waals surface area contributed by atoms with Crippen LogP contribution in [0.1, 0.15) is 18.4 Å². The van der Waals surface area contributed by atoms with E-state index in [4.69, 9.17) is 4.74 Å². The van der Waals surface area contributed by atoms with Gasteiger partial charge in [-0.1, -0.05) is 22.0 Å². The van der Waals surface area contributed by atoms with E-state index in [1.807, 2.05) is 17.8 Å². The van der Waals surface area contributed by atoms with Gasteiger partial charge in [0, 0.05) is 28.7 Å². The lowest BCUT2D eigenvalue weighted by Crippen LogP contribution is -2.17. The third-order valence-electron chi connectivity index (χ3n) is 2.66. The number of hydrogen-bond donors (Lipinski definition) is 0. The zero-order valence-corrected chi connectivity index (χ0v) is 11.3. The molecule has 0 amide bonds. The lowest BCUT2D eigenvalue weighted by atomic mass is 10.2. The Morgan fingerprint density at radius 3 is 2.81 bits per heavy atom. The van der Waals surface area contributed by atoms with Crippen LogP contribution in [0.5, 0.6) is 0 Å². The van der Waals surface area contributed by atoms with Gasteiger partial charge < -0.3 is 4.74 Å². The molecule has 0 spiro atoms. The normalized spacial score (nSPS) is 17.6. The van der Waals surface area contributed by atoms with Gasteiger partial charge in [0.15, 0.2) is 0 Å². The van der Waals surface area contributed by atoms with Crippen LogP contribution in [0.15, 0.2) is 22.7 Å². The first-order valence-corrected chi connectivity index (χ1v) is 7.23. The van der Waals surface area contributed by atoms with Crippen LogP contribution < -0.4 is 0 Å². The molecule has 0 saturated carbocycles. The van der Waals surface area contributed by atoms with Crippen molar-refractivity contribution in [2.75, 3.05) is 13.2 Å². The summed E-state index contributed by atoms with van der Waals surface area (Å²) in [5, 5.41) is 0.686. The molecule has 0 atom stereocenters. The van der Waals surface area contributed by atoms with E-state index in [9.17, 15) is 4.39 Å². The summed E-state index contributed by atoms with van der Waals surface area (Å²) in [7, 11) is 0. The fourth-order valence-electron chi connectivity index (χ4n) is 1.69. The SMILES string of the molecule is Fc1ccc(CSC2CCOCC2)c(Br)c1. The lowest BCUT2D eigenvalue weighted by molar-refractivity contribution is 0.1000. The van der Waals surface area contributed by atoms with Gasteiger partial charge in [0.25, 0.3) is 0 Å². The lowest BCUT2D eigenvalue weighted by Gasteiger charge is -2.21. The molecule has 4 heteroatoms. The third kappa shape index (κ3) is 3.47. The molecule has 0 bridgehead atoms. The molecular weight excluding hydrogens is 291 g/mol. The summed E-state index contributed by atoms with van der Waals surface area (Å²) >= 11 is 5.33. The maximum absolute atomic E-state index is 12.9. The number of rotatable bonds is 3. The van der Waals surface area contributed by atoms with Gasteiger partial charge in [-0.05, 0) is 30.5 Å². The van der Waals surface area contributed by atoms with Crippen LogP contribution in [0.3, 0.4) is 0 Å². The summed E-state index contributed by atoms with van der Waals surface area (Å²) < 4.78 is 19.1. The van der Waals surface area contributed by atoms with E-state index in [0.29, 0.717) is 5.25 Å². The predicted molar refractivity (Wildman–Crippen MR) is 69.2 cm³/mol. The van der Waals surface area contributed by atoms with Crippen molar-refractivity contribution in [2.24, 2.45) is 0 Å². The molecule has 88 valence electrons. The van der Waals surface area contributed by atoms with Gasteiger partial charge in [0.2, 0.25) is 0 Å². The first-order valence-electron chi connectivity index (χ1n) is 5.39. The third-order valence-corrected chi connectivity index (χ3v) is 4.82. The minimum Gasteiger partial charge on any atom is -0.381 e. The summed E-state index contributed by atoms with van der Waals surface area (Å²) in [6, 6.07) is 4.90. The van der Waals surface area contributed by atoms with E-state index in [0.717, 1.165) is 41.8 Å². The van der Waals surface area contributed by atoms with Crippen molar-refractivity contribution in [1.29, 1.82) is 0 Å². The van der Waals surface area contributed by atoms with Crippen LogP contribution in [0, 0.1) is 5.82 Å². The van der Waals surface area contributed by atoms with E-state index in [2.05, 4.69) is 15.9 Å². The number of benzene rings is 1. The fourth-order valence-corrected chi connectivity index (χ4v) is 3.56. The smallest absolute Gasteiger partial charge is 0.124 e. The maximum Gasteiger partial charge on any atom is 0.124 e. The first-order chi connectivity index (χ1) is 7.75. The minimum atomic E-state index is -0.188. The Morgan fingerprint density at radius 2 is 2.12 bits per heavy atom. The predicted octanol–water partition coefficient (Wildman–Crippen LogP) is 4.00. The molecule has 0 radical (unpaired) electrons. The van der Waals surface area contributed by atoms with E-state index in [1.54, 1.807) is 0 Å². The van der Waals surface area contributed by atoms with Crippen LogP contribution in [0.2, 0.25) is 0 Å². The molecule has 1 aromatic carbocycles. The topological polar surface area (TPSA) is 9.23 Å². The monoisotopic (exact) mass is 304 g/mol. The van der Waals surface area contributed by atoms with Gasteiger partial charge in [-0.2, -0.15) is 11.8 Å². The molecule has 1 fully saturated rings. The fraction of sp³-hybridized carbons (Fsp3) is 0.500. The molecule has 1 aromatic rings. The number of ether oxygens (including phenoxy) is 1. The summed E-state index contributed by atoms with van der Waals surface area (Å²) in [6.45, 7) is 1.75. The highest BCUT2D eigenvalue weighted by Crippen LogP contribution is 2.28.